The Bertz CT molecular complexity index is 831. The van der Waals surface area contributed by atoms with E-state index in [-0.39, 0.29) is 17.4 Å². The van der Waals surface area contributed by atoms with E-state index in [0.29, 0.717) is 0 Å². The number of carboxylic acids is 1. The summed E-state index contributed by atoms with van der Waals surface area (Å²) in [6.45, 7) is 0.730. The van der Waals surface area contributed by atoms with Crippen LogP contribution in [-0.2, 0) is 15.1 Å². The summed E-state index contributed by atoms with van der Waals surface area (Å²) in [4.78, 5) is 10.7. The van der Waals surface area contributed by atoms with Crippen LogP contribution in [0.2, 0.25) is 0 Å². The molecule has 2 aromatic rings. The van der Waals surface area contributed by atoms with Crippen LogP contribution in [-0.4, -0.2) is 17.7 Å². The zero-order valence-electron chi connectivity index (χ0n) is 16.0. The van der Waals surface area contributed by atoms with Crippen LogP contribution in [0.1, 0.15) is 44.1 Å². The maximum Gasteiger partial charge on any atom is 0.307 e. The molecule has 1 saturated carbocycles. The second-order valence-corrected chi connectivity index (χ2v) is 8.00. The fourth-order valence-corrected chi connectivity index (χ4v) is 4.38. The quantitative estimate of drug-likeness (QED) is 0.629. The second-order valence-electron chi connectivity index (χ2n) is 8.00. The Kier molecular flexibility index (Phi) is 5.23. The minimum Gasteiger partial charge on any atom is -0.481 e. The van der Waals surface area contributed by atoms with Gasteiger partial charge in [0.1, 0.15) is 11.5 Å². The highest BCUT2D eigenvalue weighted by molar-refractivity contribution is 5.68. The molecule has 0 amide bonds. The second kappa shape index (κ2) is 7.80. The van der Waals surface area contributed by atoms with Crippen LogP contribution in [0.25, 0.3) is 0 Å². The first-order valence-corrected chi connectivity index (χ1v) is 9.94. The van der Waals surface area contributed by atoms with Gasteiger partial charge in [-0.3, -0.25) is 4.79 Å². The number of ether oxygens (including phenoxy) is 2. The molecule has 5 rings (SSSR count). The molecule has 28 heavy (non-hydrogen) atoms. The summed E-state index contributed by atoms with van der Waals surface area (Å²) in [5.74, 6) is 0.882. The smallest absolute Gasteiger partial charge is 0.307 e. The Balaban J connectivity index is 1.43. The third-order valence-corrected chi connectivity index (χ3v) is 6.12. The fourth-order valence-electron chi connectivity index (χ4n) is 4.38. The maximum atomic E-state index is 10.7. The number of aliphatic carboxylic acids is 1. The normalized spacial score (nSPS) is 26.4. The molecule has 0 unspecified atom stereocenters. The lowest BCUT2D eigenvalue weighted by Crippen LogP contribution is -2.49. The van der Waals surface area contributed by atoms with E-state index in [1.165, 1.54) is 5.56 Å². The molecular weight excluding hydrogens is 352 g/mol. The topological polar surface area (TPSA) is 55.8 Å². The summed E-state index contributed by atoms with van der Waals surface area (Å²) in [6.07, 6.45) is 8.97. The first kappa shape index (κ1) is 18.8. The largest absolute Gasteiger partial charge is 0.481 e. The SMILES string of the molecule is O=C(O)CC=CCC12CCC(c3cccc(Oc4ccccc4)c3)(CC1)OC2. The van der Waals surface area contributed by atoms with Crippen LogP contribution in [0.4, 0.5) is 0 Å². The van der Waals surface area contributed by atoms with E-state index in [0.717, 1.165) is 50.2 Å². The zero-order chi connectivity index (χ0) is 19.5. The number of carbonyl (C=O) groups is 1. The van der Waals surface area contributed by atoms with Gasteiger partial charge in [-0.2, -0.15) is 0 Å². The molecule has 146 valence electrons. The van der Waals surface area contributed by atoms with Crippen molar-refractivity contribution in [2.75, 3.05) is 6.61 Å². The Morgan fingerprint density at radius 3 is 2.43 bits per heavy atom. The van der Waals surface area contributed by atoms with Crippen molar-refractivity contribution >= 4 is 5.97 Å². The summed E-state index contributed by atoms with van der Waals surface area (Å²) in [5, 5.41) is 8.77. The zero-order valence-corrected chi connectivity index (χ0v) is 16.0. The van der Waals surface area contributed by atoms with E-state index in [4.69, 9.17) is 14.6 Å². The molecule has 1 aliphatic carbocycles. The van der Waals surface area contributed by atoms with Crippen LogP contribution in [0.3, 0.4) is 0 Å². The van der Waals surface area contributed by atoms with Crippen molar-refractivity contribution < 1.29 is 19.4 Å². The molecule has 2 bridgehead atoms. The molecule has 0 radical (unpaired) electrons. The molecule has 1 N–H and O–H groups in total. The van der Waals surface area contributed by atoms with Crippen LogP contribution < -0.4 is 4.74 Å². The lowest BCUT2D eigenvalue weighted by molar-refractivity contribution is -0.188. The van der Waals surface area contributed by atoms with Gasteiger partial charge in [-0.25, -0.2) is 0 Å². The van der Waals surface area contributed by atoms with Crippen LogP contribution in [0, 0.1) is 5.41 Å². The highest BCUT2D eigenvalue weighted by Crippen LogP contribution is 2.55. The van der Waals surface area contributed by atoms with Gasteiger partial charge < -0.3 is 14.6 Å². The number of para-hydroxylation sites is 1. The summed E-state index contributed by atoms with van der Waals surface area (Å²) in [7, 11) is 0. The lowest BCUT2D eigenvalue weighted by Gasteiger charge is -2.53. The van der Waals surface area contributed by atoms with Crippen molar-refractivity contribution in [2.45, 2.75) is 44.1 Å². The molecule has 4 heteroatoms. The predicted molar refractivity (Wildman–Crippen MR) is 107 cm³/mol. The van der Waals surface area contributed by atoms with Crippen LogP contribution in [0.15, 0.2) is 66.7 Å². The fraction of sp³-hybridized carbons (Fsp3) is 0.375. The molecule has 4 nitrogen and oxygen atoms in total. The number of benzene rings is 2. The number of rotatable bonds is 7. The standard InChI is InChI=1S/C24H26O4/c25-22(26)11-4-5-12-23-13-15-24(16-14-23,27-18-23)19-7-6-10-21(17-19)28-20-8-2-1-3-9-20/h1-10,17H,11-16,18H2,(H,25,26). The van der Waals surface area contributed by atoms with Gasteiger partial charge in [-0.05, 0) is 67.3 Å². The van der Waals surface area contributed by atoms with Crippen molar-refractivity contribution in [3.05, 3.63) is 72.3 Å². The highest BCUT2D eigenvalue weighted by atomic mass is 16.5. The molecule has 3 fully saturated rings. The van der Waals surface area contributed by atoms with Gasteiger partial charge in [0, 0.05) is 0 Å². The van der Waals surface area contributed by atoms with Gasteiger partial charge in [0.2, 0.25) is 0 Å². The molecule has 0 aromatic heterocycles. The minimum absolute atomic E-state index is 0.0923. The Morgan fingerprint density at radius 2 is 1.75 bits per heavy atom. The minimum atomic E-state index is -0.783. The number of hydrogen-bond donors (Lipinski definition) is 1. The first-order chi connectivity index (χ1) is 13.6. The number of allylic oxidation sites excluding steroid dienone is 1. The molecule has 2 heterocycles. The summed E-state index contributed by atoms with van der Waals surface area (Å²) >= 11 is 0. The monoisotopic (exact) mass is 378 g/mol. The Morgan fingerprint density at radius 1 is 1.00 bits per heavy atom. The molecule has 0 spiro atoms. The number of hydrogen-bond acceptors (Lipinski definition) is 3. The Labute approximate surface area is 165 Å². The van der Waals surface area contributed by atoms with E-state index in [1.807, 2.05) is 48.5 Å². The number of carboxylic acid groups (broad SMARTS) is 1. The van der Waals surface area contributed by atoms with Gasteiger partial charge in [0.15, 0.2) is 0 Å². The van der Waals surface area contributed by atoms with Crippen LogP contribution >= 0.6 is 0 Å². The van der Waals surface area contributed by atoms with Gasteiger partial charge in [0.05, 0.1) is 18.6 Å². The third-order valence-electron chi connectivity index (χ3n) is 6.12. The van der Waals surface area contributed by atoms with Crippen LogP contribution in [0.5, 0.6) is 11.5 Å². The van der Waals surface area contributed by atoms with Crippen molar-refractivity contribution in [1.82, 2.24) is 0 Å². The molecular formula is C24H26O4. The molecule has 0 atom stereocenters. The third kappa shape index (κ3) is 3.97. The highest BCUT2D eigenvalue weighted by Gasteiger charge is 2.50. The summed E-state index contributed by atoms with van der Waals surface area (Å²) < 4.78 is 12.4. The van der Waals surface area contributed by atoms with Gasteiger partial charge >= 0.3 is 5.97 Å². The summed E-state index contributed by atoms with van der Waals surface area (Å²) in [5.41, 5.74) is 1.13. The van der Waals surface area contributed by atoms with Crippen molar-refractivity contribution in [3.63, 3.8) is 0 Å². The van der Waals surface area contributed by atoms with E-state index in [1.54, 1.807) is 6.08 Å². The average Bonchev–Trinajstić information content (AvgIpc) is 2.74. The lowest BCUT2D eigenvalue weighted by atomic mass is 9.63. The predicted octanol–water partition coefficient (Wildman–Crippen LogP) is 5.69. The first-order valence-electron chi connectivity index (χ1n) is 9.94. The molecule has 2 aromatic carbocycles. The van der Waals surface area contributed by atoms with Gasteiger partial charge in [-0.1, -0.05) is 42.5 Å². The maximum absolute atomic E-state index is 10.7. The van der Waals surface area contributed by atoms with Gasteiger partial charge in [-0.15, -0.1) is 0 Å². The average molecular weight is 378 g/mol. The van der Waals surface area contributed by atoms with E-state index >= 15 is 0 Å². The molecule has 3 aliphatic rings. The van der Waals surface area contributed by atoms with E-state index in [2.05, 4.69) is 12.1 Å². The molecule has 2 saturated heterocycles. The van der Waals surface area contributed by atoms with Crippen molar-refractivity contribution in [3.8, 4) is 11.5 Å². The van der Waals surface area contributed by atoms with E-state index < -0.39 is 5.97 Å². The van der Waals surface area contributed by atoms with Crippen molar-refractivity contribution in [2.24, 2.45) is 5.41 Å². The molecule has 2 aliphatic heterocycles. The summed E-state index contributed by atoms with van der Waals surface area (Å²) in [6, 6.07) is 18.1. The van der Waals surface area contributed by atoms with Crippen molar-refractivity contribution in [1.29, 1.82) is 0 Å². The van der Waals surface area contributed by atoms with E-state index in [9.17, 15) is 4.79 Å². The Hall–Kier alpha value is -2.59. The number of fused-ring (bicyclic) bond motifs is 3. The van der Waals surface area contributed by atoms with Gasteiger partial charge in [0.25, 0.3) is 0 Å².